The zero-order valence-electron chi connectivity index (χ0n) is 10.9. The fourth-order valence-corrected chi connectivity index (χ4v) is 1.90. The van der Waals surface area contributed by atoms with Crippen LogP contribution in [0.4, 0.5) is 4.79 Å². The number of fused-ring (bicyclic) bond motifs is 1. The summed E-state index contributed by atoms with van der Waals surface area (Å²) in [6.45, 7) is 5.83. The second-order valence-electron chi connectivity index (χ2n) is 5.22. The van der Waals surface area contributed by atoms with Gasteiger partial charge in [0.15, 0.2) is 0 Å². The molecule has 0 spiro atoms. The molecule has 0 aliphatic carbocycles. The lowest BCUT2D eigenvalue weighted by atomic mass is 10.2. The van der Waals surface area contributed by atoms with Crippen molar-refractivity contribution in [1.29, 1.82) is 0 Å². The Morgan fingerprint density at radius 1 is 1.33 bits per heavy atom. The van der Waals surface area contributed by atoms with Gasteiger partial charge in [-0.2, -0.15) is 0 Å². The van der Waals surface area contributed by atoms with Crippen molar-refractivity contribution in [2.24, 2.45) is 5.73 Å². The molecule has 0 aliphatic heterocycles. The molecule has 2 aromatic rings. The third kappa shape index (κ3) is 2.38. The highest BCUT2D eigenvalue weighted by Crippen LogP contribution is 2.22. The van der Waals surface area contributed by atoms with Gasteiger partial charge in [0.2, 0.25) is 0 Å². The molecule has 4 nitrogen and oxygen atoms in total. The number of hydrogen-bond donors (Lipinski definition) is 1. The molecule has 1 aromatic carbocycles. The second-order valence-corrected chi connectivity index (χ2v) is 5.22. The van der Waals surface area contributed by atoms with Crippen molar-refractivity contribution in [1.82, 2.24) is 4.57 Å². The molecule has 0 amide bonds. The lowest BCUT2D eigenvalue weighted by molar-refractivity contribution is 0.0533. The number of carbonyl (C=O) groups is 1. The van der Waals surface area contributed by atoms with Crippen LogP contribution in [0, 0.1) is 0 Å². The highest BCUT2D eigenvalue weighted by Gasteiger charge is 2.20. The summed E-state index contributed by atoms with van der Waals surface area (Å²) in [6, 6.07) is 7.77. The van der Waals surface area contributed by atoms with Gasteiger partial charge in [0.05, 0.1) is 5.69 Å². The van der Waals surface area contributed by atoms with Gasteiger partial charge in [-0.25, -0.2) is 4.79 Å². The van der Waals surface area contributed by atoms with E-state index in [0.717, 1.165) is 16.5 Å². The molecule has 1 aromatic heterocycles. The van der Waals surface area contributed by atoms with Crippen LogP contribution in [0.2, 0.25) is 0 Å². The van der Waals surface area contributed by atoms with Crippen LogP contribution in [0.5, 0.6) is 0 Å². The number of aromatic nitrogens is 1. The van der Waals surface area contributed by atoms with Gasteiger partial charge in [-0.05, 0) is 20.8 Å². The number of nitrogens with two attached hydrogens (primary N) is 1. The van der Waals surface area contributed by atoms with Crippen molar-refractivity contribution in [3.63, 3.8) is 0 Å². The number of nitrogens with zero attached hydrogens (tertiary/aromatic N) is 1. The fourth-order valence-electron chi connectivity index (χ4n) is 1.90. The Morgan fingerprint density at radius 3 is 2.61 bits per heavy atom. The Bertz CT molecular complexity index is 579. The molecular formula is C14H18N2O2. The molecule has 0 fully saturated rings. The van der Waals surface area contributed by atoms with Crippen LogP contribution in [0.3, 0.4) is 0 Å². The van der Waals surface area contributed by atoms with Crippen LogP contribution >= 0.6 is 0 Å². The van der Waals surface area contributed by atoms with Crippen molar-refractivity contribution in [2.75, 3.05) is 0 Å². The van der Waals surface area contributed by atoms with E-state index in [0.29, 0.717) is 6.54 Å². The Labute approximate surface area is 106 Å². The summed E-state index contributed by atoms with van der Waals surface area (Å²) < 4.78 is 6.86. The van der Waals surface area contributed by atoms with Gasteiger partial charge in [-0.15, -0.1) is 0 Å². The van der Waals surface area contributed by atoms with Crippen LogP contribution in [0.25, 0.3) is 10.8 Å². The zero-order chi connectivity index (χ0) is 13.3. The maximum atomic E-state index is 12.1. The first kappa shape index (κ1) is 12.6. The van der Waals surface area contributed by atoms with Crippen molar-refractivity contribution >= 4 is 16.9 Å². The van der Waals surface area contributed by atoms with Gasteiger partial charge in [-0.1, -0.05) is 24.3 Å². The molecule has 18 heavy (non-hydrogen) atoms. The summed E-state index contributed by atoms with van der Waals surface area (Å²) in [5.74, 6) is 0. The predicted octanol–water partition coefficient (Wildman–Crippen LogP) is 2.88. The smallest absolute Gasteiger partial charge is 0.418 e. The van der Waals surface area contributed by atoms with E-state index in [4.69, 9.17) is 10.5 Å². The van der Waals surface area contributed by atoms with Gasteiger partial charge < -0.3 is 10.5 Å². The number of ether oxygens (including phenoxy) is 1. The summed E-state index contributed by atoms with van der Waals surface area (Å²) in [5, 5.41) is 1.98. The summed E-state index contributed by atoms with van der Waals surface area (Å²) in [5.41, 5.74) is 6.00. The number of hydrogen-bond acceptors (Lipinski definition) is 3. The quantitative estimate of drug-likeness (QED) is 0.841. The van der Waals surface area contributed by atoms with Crippen LogP contribution in [-0.4, -0.2) is 16.3 Å². The van der Waals surface area contributed by atoms with E-state index in [1.807, 2.05) is 45.0 Å². The van der Waals surface area contributed by atoms with Gasteiger partial charge in [-0.3, -0.25) is 4.57 Å². The number of benzene rings is 1. The predicted molar refractivity (Wildman–Crippen MR) is 71.5 cm³/mol. The van der Waals surface area contributed by atoms with E-state index in [1.165, 1.54) is 4.57 Å². The molecule has 0 aliphatic rings. The van der Waals surface area contributed by atoms with Crippen LogP contribution < -0.4 is 5.73 Å². The first-order valence-corrected chi connectivity index (χ1v) is 5.95. The molecule has 0 saturated carbocycles. The van der Waals surface area contributed by atoms with Crippen molar-refractivity contribution in [2.45, 2.75) is 32.9 Å². The minimum atomic E-state index is -0.514. The van der Waals surface area contributed by atoms with Gasteiger partial charge in [0, 0.05) is 23.5 Å². The van der Waals surface area contributed by atoms with E-state index in [-0.39, 0.29) is 6.09 Å². The summed E-state index contributed by atoms with van der Waals surface area (Å²) in [4.78, 5) is 12.1. The molecule has 4 heteroatoms. The third-order valence-corrected chi connectivity index (χ3v) is 2.61. The van der Waals surface area contributed by atoms with Crippen molar-refractivity contribution in [3.8, 4) is 0 Å². The zero-order valence-corrected chi connectivity index (χ0v) is 10.9. The SMILES string of the molecule is CC(C)(C)OC(=O)n1cc2ccccc2c1CN. The summed E-state index contributed by atoms with van der Waals surface area (Å²) in [7, 11) is 0. The lowest BCUT2D eigenvalue weighted by Gasteiger charge is -2.20. The van der Waals surface area contributed by atoms with E-state index < -0.39 is 5.60 Å². The largest absolute Gasteiger partial charge is 0.443 e. The Hall–Kier alpha value is -1.81. The molecular weight excluding hydrogens is 228 g/mol. The van der Waals surface area contributed by atoms with Crippen LogP contribution in [0.15, 0.2) is 30.5 Å². The molecule has 96 valence electrons. The maximum Gasteiger partial charge on any atom is 0.418 e. The third-order valence-electron chi connectivity index (χ3n) is 2.61. The molecule has 0 bridgehead atoms. The monoisotopic (exact) mass is 246 g/mol. The Morgan fingerprint density at radius 2 is 2.00 bits per heavy atom. The first-order chi connectivity index (χ1) is 8.42. The Balaban J connectivity index is 2.47. The molecule has 1 heterocycles. The number of rotatable bonds is 1. The average Bonchev–Trinajstić information content (AvgIpc) is 2.65. The molecule has 2 rings (SSSR count). The van der Waals surface area contributed by atoms with E-state index in [2.05, 4.69) is 0 Å². The first-order valence-electron chi connectivity index (χ1n) is 5.95. The van der Waals surface area contributed by atoms with E-state index in [9.17, 15) is 4.79 Å². The molecule has 2 N–H and O–H groups in total. The Kier molecular flexibility index (Phi) is 3.13. The second kappa shape index (κ2) is 4.46. The van der Waals surface area contributed by atoms with Crippen LogP contribution in [0.1, 0.15) is 26.5 Å². The average molecular weight is 246 g/mol. The highest BCUT2D eigenvalue weighted by atomic mass is 16.6. The fraction of sp³-hybridized carbons (Fsp3) is 0.357. The van der Waals surface area contributed by atoms with E-state index >= 15 is 0 Å². The maximum absolute atomic E-state index is 12.1. The highest BCUT2D eigenvalue weighted by molar-refractivity contribution is 5.90. The van der Waals surface area contributed by atoms with Gasteiger partial charge in [0.25, 0.3) is 0 Å². The molecule has 0 radical (unpaired) electrons. The van der Waals surface area contributed by atoms with Gasteiger partial charge >= 0.3 is 6.09 Å². The molecule has 0 atom stereocenters. The van der Waals surface area contributed by atoms with Crippen LogP contribution in [-0.2, 0) is 11.3 Å². The minimum Gasteiger partial charge on any atom is -0.443 e. The van der Waals surface area contributed by atoms with Crippen molar-refractivity contribution < 1.29 is 9.53 Å². The summed E-state index contributed by atoms with van der Waals surface area (Å²) in [6.07, 6.45) is 1.38. The molecule has 0 saturated heterocycles. The summed E-state index contributed by atoms with van der Waals surface area (Å²) >= 11 is 0. The lowest BCUT2D eigenvalue weighted by Crippen LogP contribution is -2.28. The molecule has 0 unspecified atom stereocenters. The normalized spacial score (nSPS) is 11.8. The van der Waals surface area contributed by atoms with Gasteiger partial charge in [0.1, 0.15) is 5.60 Å². The van der Waals surface area contributed by atoms with Crippen molar-refractivity contribution in [3.05, 3.63) is 36.2 Å². The standard InChI is InChI=1S/C14H18N2O2/c1-14(2,3)18-13(17)16-9-10-6-4-5-7-11(10)12(16)8-15/h4-7,9H,8,15H2,1-3H3. The minimum absolute atomic E-state index is 0.298. The van der Waals surface area contributed by atoms with E-state index in [1.54, 1.807) is 6.20 Å². The number of carbonyl (C=O) groups excluding carboxylic acids is 1. The topological polar surface area (TPSA) is 57.2 Å².